The second kappa shape index (κ2) is 5.65. The number of rotatable bonds is 2. The van der Waals surface area contributed by atoms with Gasteiger partial charge in [-0.05, 0) is 25.0 Å². The Labute approximate surface area is 112 Å². The SMILES string of the molecule is O=C1CC(Nc2c(F)cc(Br)cc2F)CCCN1. The molecule has 6 heteroatoms. The van der Waals surface area contributed by atoms with Crippen LogP contribution in [0.4, 0.5) is 14.5 Å². The molecular weight excluding hydrogens is 306 g/mol. The van der Waals surface area contributed by atoms with Crippen LogP contribution in [0.25, 0.3) is 0 Å². The molecule has 18 heavy (non-hydrogen) atoms. The summed E-state index contributed by atoms with van der Waals surface area (Å²) in [5, 5.41) is 5.51. The van der Waals surface area contributed by atoms with Gasteiger partial charge in [-0.15, -0.1) is 0 Å². The van der Waals surface area contributed by atoms with Crippen LogP contribution in [0.3, 0.4) is 0 Å². The third-order valence-corrected chi connectivity index (χ3v) is 3.30. The number of carbonyl (C=O) groups excluding carboxylic acids is 1. The molecule has 1 aromatic carbocycles. The number of nitrogens with one attached hydrogen (secondary N) is 2. The van der Waals surface area contributed by atoms with E-state index in [4.69, 9.17) is 0 Å². The summed E-state index contributed by atoms with van der Waals surface area (Å²) in [6.45, 7) is 0.613. The molecule has 1 fully saturated rings. The lowest BCUT2D eigenvalue weighted by molar-refractivity contribution is -0.120. The second-order valence-corrected chi connectivity index (χ2v) is 5.20. The molecule has 1 saturated heterocycles. The molecule has 2 N–H and O–H groups in total. The molecule has 0 bridgehead atoms. The molecule has 1 unspecified atom stereocenters. The van der Waals surface area contributed by atoms with E-state index in [0.717, 1.165) is 6.42 Å². The first-order chi connectivity index (χ1) is 8.56. The Morgan fingerprint density at radius 2 is 2.00 bits per heavy atom. The molecular formula is C12H13BrF2N2O. The molecule has 98 valence electrons. The zero-order valence-electron chi connectivity index (χ0n) is 9.60. The van der Waals surface area contributed by atoms with Gasteiger partial charge in [0.05, 0.1) is 0 Å². The lowest BCUT2D eigenvalue weighted by Crippen LogP contribution is -2.27. The lowest BCUT2D eigenvalue weighted by Gasteiger charge is -2.17. The molecule has 3 nitrogen and oxygen atoms in total. The largest absolute Gasteiger partial charge is 0.377 e. The molecule has 0 aliphatic carbocycles. The molecule has 0 radical (unpaired) electrons. The van der Waals surface area contributed by atoms with Crippen molar-refractivity contribution in [3.63, 3.8) is 0 Å². The van der Waals surface area contributed by atoms with E-state index in [9.17, 15) is 13.6 Å². The molecule has 1 atom stereocenters. The Kier molecular flexibility index (Phi) is 4.16. The summed E-state index contributed by atoms with van der Waals surface area (Å²) in [5.74, 6) is -1.42. The average Bonchev–Trinajstić information content (AvgIpc) is 2.48. The molecule has 1 aliphatic heterocycles. The maximum absolute atomic E-state index is 13.6. The predicted octanol–water partition coefficient (Wildman–Crippen LogP) is 2.81. The fourth-order valence-electron chi connectivity index (χ4n) is 1.98. The van der Waals surface area contributed by atoms with Crippen LogP contribution in [0, 0.1) is 11.6 Å². The second-order valence-electron chi connectivity index (χ2n) is 4.28. The van der Waals surface area contributed by atoms with Gasteiger partial charge < -0.3 is 10.6 Å². The number of amides is 1. The maximum atomic E-state index is 13.6. The minimum atomic E-state index is -0.661. The maximum Gasteiger partial charge on any atom is 0.222 e. The first-order valence-corrected chi connectivity index (χ1v) is 6.53. The standard InChI is InChI=1S/C12H13BrF2N2O/c13-7-4-9(14)12(10(15)5-7)17-8-2-1-3-16-11(18)6-8/h4-5,8,17H,1-3,6H2,(H,16,18). The van der Waals surface area contributed by atoms with E-state index in [1.54, 1.807) is 0 Å². The topological polar surface area (TPSA) is 41.1 Å². The summed E-state index contributed by atoms with van der Waals surface area (Å²) in [7, 11) is 0. The van der Waals surface area contributed by atoms with E-state index in [1.807, 2.05) is 0 Å². The summed E-state index contributed by atoms with van der Waals surface area (Å²) < 4.78 is 27.6. The summed E-state index contributed by atoms with van der Waals surface area (Å²) >= 11 is 3.02. The van der Waals surface area contributed by atoms with Gasteiger partial charge in [0.2, 0.25) is 5.91 Å². The molecule has 1 aromatic rings. The molecule has 1 heterocycles. The van der Waals surface area contributed by atoms with Crippen molar-refractivity contribution < 1.29 is 13.6 Å². The zero-order chi connectivity index (χ0) is 13.1. The van der Waals surface area contributed by atoms with E-state index in [1.165, 1.54) is 12.1 Å². The van der Waals surface area contributed by atoms with Crippen LogP contribution in [-0.4, -0.2) is 18.5 Å². The monoisotopic (exact) mass is 318 g/mol. The van der Waals surface area contributed by atoms with Gasteiger partial charge in [-0.3, -0.25) is 4.79 Å². The van der Waals surface area contributed by atoms with Crippen molar-refractivity contribution in [2.75, 3.05) is 11.9 Å². The molecule has 1 aliphatic rings. The van der Waals surface area contributed by atoms with E-state index in [2.05, 4.69) is 26.6 Å². The van der Waals surface area contributed by atoms with Crippen molar-refractivity contribution in [1.82, 2.24) is 5.32 Å². The Morgan fingerprint density at radius 3 is 2.67 bits per heavy atom. The summed E-state index contributed by atoms with van der Waals surface area (Å²) in [5.41, 5.74) is -0.169. The lowest BCUT2D eigenvalue weighted by atomic mass is 10.1. The molecule has 0 spiro atoms. The van der Waals surface area contributed by atoms with Gasteiger partial charge in [-0.2, -0.15) is 0 Å². The predicted molar refractivity (Wildman–Crippen MR) is 68.3 cm³/mol. The third kappa shape index (κ3) is 3.19. The van der Waals surface area contributed by atoms with E-state index in [0.29, 0.717) is 17.4 Å². The minimum Gasteiger partial charge on any atom is -0.377 e. The number of benzene rings is 1. The highest BCUT2D eigenvalue weighted by Gasteiger charge is 2.20. The number of hydrogen-bond acceptors (Lipinski definition) is 2. The molecule has 0 aromatic heterocycles. The fourth-order valence-corrected chi connectivity index (χ4v) is 2.38. The van der Waals surface area contributed by atoms with Crippen LogP contribution < -0.4 is 10.6 Å². The van der Waals surface area contributed by atoms with Gasteiger partial charge in [0.15, 0.2) is 0 Å². The third-order valence-electron chi connectivity index (χ3n) is 2.84. The molecule has 2 rings (SSSR count). The van der Waals surface area contributed by atoms with Crippen molar-refractivity contribution in [2.24, 2.45) is 0 Å². The van der Waals surface area contributed by atoms with Crippen LogP contribution in [0.2, 0.25) is 0 Å². The smallest absolute Gasteiger partial charge is 0.222 e. The van der Waals surface area contributed by atoms with Crippen molar-refractivity contribution >= 4 is 27.5 Å². The Bertz CT molecular complexity index is 444. The van der Waals surface area contributed by atoms with Gasteiger partial charge in [0, 0.05) is 23.5 Å². The Morgan fingerprint density at radius 1 is 1.33 bits per heavy atom. The minimum absolute atomic E-state index is 0.0945. The van der Waals surface area contributed by atoms with Crippen LogP contribution in [0.15, 0.2) is 16.6 Å². The number of anilines is 1. The average molecular weight is 319 g/mol. The van der Waals surface area contributed by atoms with Crippen LogP contribution in [-0.2, 0) is 4.79 Å². The first-order valence-electron chi connectivity index (χ1n) is 5.74. The normalized spacial score (nSPS) is 20.2. The van der Waals surface area contributed by atoms with Crippen molar-refractivity contribution in [2.45, 2.75) is 25.3 Å². The van der Waals surface area contributed by atoms with Gasteiger partial charge in [0.1, 0.15) is 17.3 Å². The van der Waals surface area contributed by atoms with Crippen LogP contribution in [0.1, 0.15) is 19.3 Å². The molecule has 1 amide bonds. The Hall–Kier alpha value is -1.17. The highest BCUT2D eigenvalue weighted by molar-refractivity contribution is 9.10. The fraction of sp³-hybridized carbons (Fsp3) is 0.417. The van der Waals surface area contributed by atoms with Crippen LogP contribution in [0.5, 0.6) is 0 Å². The van der Waals surface area contributed by atoms with Gasteiger partial charge in [0.25, 0.3) is 0 Å². The number of carbonyl (C=O) groups is 1. The molecule has 0 saturated carbocycles. The van der Waals surface area contributed by atoms with Crippen LogP contribution >= 0.6 is 15.9 Å². The van der Waals surface area contributed by atoms with Crippen molar-refractivity contribution in [1.29, 1.82) is 0 Å². The van der Waals surface area contributed by atoms with Crippen molar-refractivity contribution in [3.8, 4) is 0 Å². The quantitative estimate of drug-likeness (QED) is 0.880. The van der Waals surface area contributed by atoms with Gasteiger partial charge in [-0.25, -0.2) is 8.78 Å². The first kappa shape index (κ1) is 13.3. The Balaban J connectivity index is 2.15. The number of halogens is 3. The highest BCUT2D eigenvalue weighted by Crippen LogP contribution is 2.25. The van der Waals surface area contributed by atoms with Gasteiger partial charge in [-0.1, -0.05) is 15.9 Å². The summed E-state index contributed by atoms with van der Waals surface area (Å²) in [4.78, 5) is 11.4. The summed E-state index contributed by atoms with van der Waals surface area (Å²) in [6.07, 6.45) is 1.73. The van der Waals surface area contributed by atoms with Crippen molar-refractivity contribution in [3.05, 3.63) is 28.2 Å². The van der Waals surface area contributed by atoms with E-state index >= 15 is 0 Å². The highest BCUT2D eigenvalue weighted by atomic mass is 79.9. The van der Waals surface area contributed by atoms with E-state index < -0.39 is 11.6 Å². The van der Waals surface area contributed by atoms with Gasteiger partial charge >= 0.3 is 0 Å². The zero-order valence-corrected chi connectivity index (χ0v) is 11.2. The summed E-state index contributed by atoms with van der Waals surface area (Å²) in [6, 6.07) is 2.15. The van der Waals surface area contributed by atoms with E-state index in [-0.39, 0.29) is 24.1 Å². The number of hydrogen-bond donors (Lipinski definition) is 2.